The molecule has 0 spiro atoms. The number of carbonyl (C=O) groups is 2. The minimum Gasteiger partial charge on any atom is -0.465 e. The van der Waals surface area contributed by atoms with Crippen LogP contribution in [0.15, 0.2) is 84.9 Å². The lowest BCUT2D eigenvalue weighted by Crippen LogP contribution is -2.13. The van der Waals surface area contributed by atoms with Crippen molar-refractivity contribution in [2.45, 2.75) is 12.3 Å². The number of Topliss-reactive ketones (excluding diaryl/α,β-unsaturated/α-hetero) is 1. The summed E-state index contributed by atoms with van der Waals surface area (Å²) in [5.74, 6) is -1.50. The first-order chi connectivity index (χ1) is 14.1. The van der Waals surface area contributed by atoms with Crippen LogP contribution in [0.5, 0.6) is 0 Å². The van der Waals surface area contributed by atoms with E-state index in [1.54, 1.807) is 18.2 Å². The van der Waals surface area contributed by atoms with Gasteiger partial charge in [-0.15, -0.1) is 0 Å². The Hall–Kier alpha value is -3.53. The van der Waals surface area contributed by atoms with Gasteiger partial charge in [-0.1, -0.05) is 54.6 Å². The van der Waals surface area contributed by atoms with Gasteiger partial charge in [0.25, 0.3) is 0 Å². The topological polar surface area (TPSA) is 43.4 Å². The molecule has 4 heteroatoms. The van der Waals surface area contributed by atoms with E-state index in [1.807, 2.05) is 48.6 Å². The third kappa shape index (κ3) is 5.26. The molecule has 0 fully saturated rings. The summed E-state index contributed by atoms with van der Waals surface area (Å²) in [4.78, 5) is 25.1. The molecule has 3 nitrogen and oxygen atoms in total. The summed E-state index contributed by atoms with van der Waals surface area (Å²) in [6.07, 6.45) is 4.33. The van der Waals surface area contributed by atoms with Crippen LogP contribution in [0.4, 0.5) is 4.39 Å². The first-order valence-corrected chi connectivity index (χ1v) is 9.28. The molecule has 0 radical (unpaired) electrons. The van der Waals surface area contributed by atoms with Crippen molar-refractivity contribution in [1.29, 1.82) is 0 Å². The zero-order valence-corrected chi connectivity index (χ0v) is 16.0. The fourth-order valence-electron chi connectivity index (χ4n) is 3.11. The molecule has 0 heterocycles. The molecule has 0 aliphatic rings. The van der Waals surface area contributed by atoms with Crippen LogP contribution in [-0.4, -0.2) is 18.9 Å². The normalized spacial score (nSPS) is 11.9. The van der Waals surface area contributed by atoms with Gasteiger partial charge in [0, 0.05) is 5.56 Å². The SMILES string of the molecule is COC(=O)c1cccc(C(C/C=C/c2ccccc2)C(=O)c2ccc(F)cc2)c1. The smallest absolute Gasteiger partial charge is 0.337 e. The van der Waals surface area contributed by atoms with Crippen LogP contribution in [0.1, 0.15) is 44.2 Å². The Morgan fingerprint density at radius 1 is 0.931 bits per heavy atom. The van der Waals surface area contributed by atoms with Crippen LogP contribution >= 0.6 is 0 Å². The summed E-state index contributed by atoms with van der Waals surface area (Å²) >= 11 is 0. The number of hydrogen-bond donors (Lipinski definition) is 0. The second-order valence-corrected chi connectivity index (χ2v) is 6.59. The molecule has 1 unspecified atom stereocenters. The molecular weight excluding hydrogens is 367 g/mol. The van der Waals surface area contributed by atoms with Gasteiger partial charge >= 0.3 is 5.97 Å². The molecule has 3 rings (SSSR count). The number of methoxy groups -OCH3 is 1. The molecule has 0 aromatic heterocycles. The van der Waals surface area contributed by atoms with Gasteiger partial charge in [0.2, 0.25) is 0 Å². The van der Waals surface area contributed by atoms with E-state index in [4.69, 9.17) is 4.74 Å². The predicted molar refractivity (Wildman–Crippen MR) is 111 cm³/mol. The number of rotatable bonds is 7. The molecule has 146 valence electrons. The number of esters is 1. The first-order valence-electron chi connectivity index (χ1n) is 9.28. The maximum atomic E-state index is 13.3. The highest BCUT2D eigenvalue weighted by atomic mass is 19.1. The van der Waals surface area contributed by atoms with E-state index in [0.29, 0.717) is 23.1 Å². The number of hydrogen-bond acceptors (Lipinski definition) is 3. The van der Waals surface area contributed by atoms with Gasteiger partial charge < -0.3 is 4.74 Å². The Morgan fingerprint density at radius 2 is 1.66 bits per heavy atom. The molecule has 3 aromatic rings. The molecule has 0 amide bonds. The summed E-state index contributed by atoms with van der Waals surface area (Å²) in [5, 5.41) is 0. The van der Waals surface area contributed by atoms with Gasteiger partial charge in [0.05, 0.1) is 18.6 Å². The third-order valence-corrected chi connectivity index (χ3v) is 4.64. The van der Waals surface area contributed by atoms with Crippen molar-refractivity contribution in [3.63, 3.8) is 0 Å². The van der Waals surface area contributed by atoms with Crippen molar-refractivity contribution in [2.24, 2.45) is 0 Å². The van der Waals surface area contributed by atoms with Crippen LogP contribution in [0.2, 0.25) is 0 Å². The Bertz CT molecular complexity index is 1010. The minimum atomic E-state index is -0.509. The van der Waals surface area contributed by atoms with Crippen LogP contribution in [0.3, 0.4) is 0 Å². The maximum Gasteiger partial charge on any atom is 0.337 e. The second kappa shape index (κ2) is 9.60. The number of carbonyl (C=O) groups excluding carboxylic acids is 2. The van der Waals surface area contributed by atoms with Crippen LogP contribution in [0, 0.1) is 5.82 Å². The number of allylic oxidation sites excluding steroid dienone is 1. The summed E-state index contributed by atoms with van der Waals surface area (Å²) in [5.41, 5.74) is 2.55. The van der Waals surface area contributed by atoms with Crippen molar-refractivity contribution in [1.82, 2.24) is 0 Å². The Labute approximate surface area is 169 Å². The van der Waals surface area contributed by atoms with Gasteiger partial charge in [0.15, 0.2) is 5.78 Å². The number of benzene rings is 3. The van der Waals surface area contributed by atoms with E-state index in [9.17, 15) is 14.0 Å². The number of ether oxygens (including phenoxy) is 1. The summed E-state index contributed by atoms with van der Waals surface area (Å²) in [6, 6.07) is 22.2. The Morgan fingerprint density at radius 3 is 2.34 bits per heavy atom. The zero-order valence-electron chi connectivity index (χ0n) is 16.0. The molecule has 0 aliphatic heterocycles. The van der Waals surface area contributed by atoms with Crippen LogP contribution in [-0.2, 0) is 4.74 Å². The van der Waals surface area contributed by atoms with E-state index in [-0.39, 0.29) is 5.78 Å². The average molecular weight is 388 g/mol. The Kier molecular flexibility index (Phi) is 6.69. The van der Waals surface area contributed by atoms with Crippen molar-refractivity contribution in [3.8, 4) is 0 Å². The van der Waals surface area contributed by atoms with E-state index in [0.717, 1.165) is 5.56 Å². The molecule has 0 aliphatic carbocycles. The van der Waals surface area contributed by atoms with Gasteiger partial charge in [-0.25, -0.2) is 9.18 Å². The second-order valence-electron chi connectivity index (χ2n) is 6.59. The molecule has 0 saturated heterocycles. The molecule has 0 saturated carbocycles. The lowest BCUT2D eigenvalue weighted by Gasteiger charge is -2.16. The number of ketones is 1. The van der Waals surface area contributed by atoms with Gasteiger partial charge in [-0.05, 0) is 53.9 Å². The van der Waals surface area contributed by atoms with E-state index in [2.05, 4.69) is 0 Å². The largest absolute Gasteiger partial charge is 0.465 e. The fourth-order valence-corrected chi connectivity index (χ4v) is 3.11. The monoisotopic (exact) mass is 388 g/mol. The Balaban J connectivity index is 1.92. The average Bonchev–Trinajstić information content (AvgIpc) is 2.77. The van der Waals surface area contributed by atoms with Crippen molar-refractivity contribution < 1.29 is 18.7 Å². The fraction of sp³-hybridized carbons (Fsp3) is 0.120. The molecular formula is C25H21FO3. The summed E-state index contributed by atoms with van der Waals surface area (Å²) < 4.78 is 18.1. The predicted octanol–water partition coefficient (Wildman–Crippen LogP) is 5.68. The third-order valence-electron chi connectivity index (χ3n) is 4.64. The van der Waals surface area contributed by atoms with Crippen molar-refractivity contribution >= 4 is 17.8 Å². The van der Waals surface area contributed by atoms with Crippen LogP contribution < -0.4 is 0 Å². The highest BCUT2D eigenvalue weighted by Crippen LogP contribution is 2.27. The molecule has 29 heavy (non-hydrogen) atoms. The van der Waals surface area contributed by atoms with E-state index < -0.39 is 17.7 Å². The van der Waals surface area contributed by atoms with Crippen molar-refractivity contribution in [3.05, 3.63) is 113 Å². The highest BCUT2D eigenvalue weighted by Gasteiger charge is 2.22. The van der Waals surface area contributed by atoms with E-state index in [1.165, 1.54) is 31.4 Å². The maximum absolute atomic E-state index is 13.3. The van der Waals surface area contributed by atoms with E-state index >= 15 is 0 Å². The van der Waals surface area contributed by atoms with Crippen LogP contribution in [0.25, 0.3) is 6.08 Å². The summed E-state index contributed by atoms with van der Waals surface area (Å²) in [7, 11) is 1.32. The van der Waals surface area contributed by atoms with Gasteiger partial charge in [-0.2, -0.15) is 0 Å². The minimum absolute atomic E-state index is 0.135. The zero-order chi connectivity index (χ0) is 20.6. The molecule has 0 bridgehead atoms. The quantitative estimate of drug-likeness (QED) is 0.386. The lowest BCUT2D eigenvalue weighted by atomic mass is 9.87. The first kappa shape index (κ1) is 20.2. The molecule has 0 N–H and O–H groups in total. The highest BCUT2D eigenvalue weighted by molar-refractivity contribution is 6.01. The number of halogens is 1. The standard InChI is InChI=1S/C25H21FO3/c1-29-25(28)21-11-6-10-20(17-21)23(12-5-9-18-7-3-2-4-8-18)24(27)19-13-15-22(26)16-14-19/h2-11,13-17,23H,12H2,1H3/b9-5+. The lowest BCUT2D eigenvalue weighted by molar-refractivity contribution is 0.0600. The molecule has 1 atom stereocenters. The van der Waals surface area contributed by atoms with Crippen molar-refractivity contribution in [2.75, 3.05) is 7.11 Å². The van der Waals surface area contributed by atoms with Gasteiger partial charge in [0.1, 0.15) is 5.82 Å². The van der Waals surface area contributed by atoms with Gasteiger partial charge in [-0.3, -0.25) is 4.79 Å². The molecule has 3 aromatic carbocycles. The summed E-state index contributed by atoms with van der Waals surface area (Å²) in [6.45, 7) is 0.